The molecule has 3 nitrogen and oxygen atoms in total. The van der Waals surface area contributed by atoms with Gasteiger partial charge < -0.3 is 9.32 Å². The number of oxazole rings is 1. The standard InChI is InChI=1S/C61H40N2O/c1-4-13-41(14-5-1)43-27-31-51(32-28-43)63(53-34-35-55(56(40-53)44-16-6-2-7-17-44)49-25-23-42-15-10-11-20-48(42)37-49)52-33-29-45-21-12-22-54(57(45)39-52)50-26-24-46-30-36-59-60(58(46)38-50)64-61(62-59)47-18-8-3-9-19-47/h1-40H. The molecule has 0 unspecified atom stereocenters. The first-order valence-electron chi connectivity index (χ1n) is 21.8. The van der Waals surface area contributed by atoms with E-state index in [1.807, 2.05) is 30.3 Å². The SMILES string of the molecule is c1ccc(-c2ccc(N(c3ccc(-c4ccc5ccccc5c4)c(-c4ccccc4)c3)c3ccc4cccc(-c5ccc6ccc7nc(-c8ccccc8)oc7c6c5)c4c3)cc2)cc1. The molecule has 0 atom stereocenters. The van der Waals surface area contributed by atoms with Crippen molar-refractivity contribution in [3.63, 3.8) is 0 Å². The minimum Gasteiger partial charge on any atom is -0.435 e. The van der Waals surface area contributed by atoms with Gasteiger partial charge in [0.1, 0.15) is 5.52 Å². The van der Waals surface area contributed by atoms with Gasteiger partial charge in [-0.2, -0.15) is 0 Å². The summed E-state index contributed by atoms with van der Waals surface area (Å²) in [5.74, 6) is 0.626. The van der Waals surface area contributed by atoms with Crippen LogP contribution in [-0.4, -0.2) is 4.98 Å². The van der Waals surface area contributed by atoms with Gasteiger partial charge in [0, 0.05) is 28.0 Å². The summed E-state index contributed by atoms with van der Waals surface area (Å²) >= 11 is 0. The molecule has 0 bridgehead atoms. The van der Waals surface area contributed by atoms with Gasteiger partial charge in [-0.15, -0.1) is 0 Å². The van der Waals surface area contributed by atoms with Crippen molar-refractivity contribution in [1.82, 2.24) is 4.98 Å². The minimum absolute atomic E-state index is 0.626. The van der Waals surface area contributed by atoms with E-state index in [1.54, 1.807) is 0 Å². The molecule has 0 aliphatic rings. The molecule has 0 radical (unpaired) electrons. The van der Waals surface area contributed by atoms with Crippen LogP contribution in [0.1, 0.15) is 0 Å². The molecule has 0 saturated heterocycles. The van der Waals surface area contributed by atoms with Crippen LogP contribution in [0.25, 0.3) is 99.4 Å². The Kier molecular flexibility index (Phi) is 9.16. The molecule has 12 aromatic rings. The summed E-state index contributed by atoms with van der Waals surface area (Å²) in [5, 5.41) is 6.94. The van der Waals surface area contributed by atoms with Crippen LogP contribution in [0.2, 0.25) is 0 Å². The van der Waals surface area contributed by atoms with E-state index in [0.717, 1.165) is 61.0 Å². The van der Waals surface area contributed by atoms with E-state index in [9.17, 15) is 0 Å². The summed E-state index contributed by atoms with van der Waals surface area (Å²) < 4.78 is 6.51. The molecule has 0 saturated carbocycles. The average Bonchev–Trinajstić information content (AvgIpc) is 3.82. The molecule has 12 rings (SSSR count). The molecular weight excluding hydrogens is 777 g/mol. The lowest BCUT2D eigenvalue weighted by Gasteiger charge is -2.27. The molecule has 0 aliphatic heterocycles. The highest BCUT2D eigenvalue weighted by Crippen LogP contribution is 2.44. The van der Waals surface area contributed by atoms with Crippen molar-refractivity contribution in [2.24, 2.45) is 0 Å². The fraction of sp³-hybridized carbons (Fsp3) is 0. The van der Waals surface area contributed by atoms with Crippen molar-refractivity contribution in [2.75, 3.05) is 4.90 Å². The van der Waals surface area contributed by atoms with E-state index in [-0.39, 0.29) is 0 Å². The van der Waals surface area contributed by atoms with Crippen molar-refractivity contribution in [3.8, 4) is 56.0 Å². The largest absolute Gasteiger partial charge is 0.435 e. The third-order valence-corrected chi connectivity index (χ3v) is 12.5. The number of rotatable bonds is 8. The third kappa shape index (κ3) is 6.77. The number of anilines is 3. The summed E-state index contributed by atoms with van der Waals surface area (Å²) in [7, 11) is 0. The first-order valence-corrected chi connectivity index (χ1v) is 21.8. The summed E-state index contributed by atoms with van der Waals surface area (Å²) in [6.07, 6.45) is 0. The number of nitrogens with zero attached hydrogens (tertiary/aromatic N) is 2. The maximum absolute atomic E-state index is 6.51. The lowest BCUT2D eigenvalue weighted by atomic mass is 9.92. The lowest BCUT2D eigenvalue weighted by molar-refractivity contribution is 0.623. The van der Waals surface area contributed by atoms with Gasteiger partial charge in [-0.05, 0) is 138 Å². The van der Waals surface area contributed by atoms with Crippen LogP contribution >= 0.6 is 0 Å². The molecule has 0 N–H and O–H groups in total. The van der Waals surface area contributed by atoms with Crippen LogP contribution in [-0.2, 0) is 0 Å². The number of aromatic nitrogens is 1. The zero-order chi connectivity index (χ0) is 42.4. The number of hydrogen-bond donors (Lipinski definition) is 0. The summed E-state index contributed by atoms with van der Waals surface area (Å²) in [6, 6.07) is 87.0. The Labute approximate surface area is 371 Å². The fourth-order valence-corrected chi connectivity index (χ4v) is 9.25. The average molecular weight is 817 g/mol. The van der Waals surface area contributed by atoms with E-state index in [1.165, 1.54) is 49.5 Å². The molecule has 300 valence electrons. The van der Waals surface area contributed by atoms with Gasteiger partial charge in [-0.3, -0.25) is 0 Å². The van der Waals surface area contributed by atoms with Crippen molar-refractivity contribution in [3.05, 3.63) is 243 Å². The smallest absolute Gasteiger partial charge is 0.227 e. The monoisotopic (exact) mass is 816 g/mol. The molecule has 64 heavy (non-hydrogen) atoms. The van der Waals surface area contributed by atoms with E-state index in [0.29, 0.717) is 5.89 Å². The zero-order valence-corrected chi connectivity index (χ0v) is 34.9. The topological polar surface area (TPSA) is 29.3 Å². The summed E-state index contributed by atoms with van der Waals surface area (Å²) in [6.45, 7) is 0. The first kappa shape index (κ1) is 37.2. The van der Waals surface area contributed by atoms with E-state index in [4.69, 9.17) is 9.40 Å². The number of fused-ring (bicyclic) bond motifs is 5. The highest BCUT2D eigenvalue weighted by molar-refractivity contribution is 6.07. The highest BCUT2D eigenvalue weighted by Gasteiger charge is 2.19. The fourth-order valence-electron chi connectivity index (χ4n) is 9.25. The molecule has 0 amide bonds. The van der Waals surface area contributed by atoms with Crippen LogP contribution in [0.3, 0.4) is 0 Å². The Balaban J connectivity index is 1.03. The molecule has 11 aromatic carbocycles. The van der Waals surface area contributed by atoms with Crippen molar-refractivity contribution < 1.29 is 4.42 Å². The predicted octanol–water partition coefficient (Wildman–Crippen LogP) is 17.1. The number of hydrogen-bond acceptors (Lipinski definition) is 3. The number of benzene rings is 11. The maximum atomic E-state index is 6.51. The maximum Gasteiger partial charge on any atom is 0.227 e. The van der Waals surface area contributed by atoms with E-state index < -0.39 is 0 Å². The van der Waals surface area contributed by atoms with Crippen molar-refractivity contribution in [1.29, 1.82) is 0 Å². The first-order chi connectivity index (χ1) is 31.7. The second-order valence-electron chi connectivity index (χ2n) is 16.4. The van der Waals surface area contributed by atoms with Gasteiger partial charge in [0.05, 0.1) is 0 Å². The van der Waals surface area contributed by atoms with E-state index >= 15 is 0 Å². The second kappa shape index (κ2) is 15.7. The Morgan fingerprint density at radius 3 is 1.62 bits per heavy atom. The molecule has 0 spiro atoms. The zero-order valence-electron chi connectivity index (χ0n) is 34.9. The van der Waals surface area contributed by atoms with Crippen LogP contribution in [0.5, 0.6) is 0 Å². The van der Waals surface area contributed by atoms with Crippen LogP contribution in [0.15, 0.2) is 247 Å². The lowest BCUT2D eigenvalue weighted by Crippen LogP contribution is -2.10. The van der Waals surface area contributed by atoms with Crippen LogP contribution < -0.4 is 4.90 Å². The Hall–Kier alpha value is -8.53. The summed E-state index contributed by atoms with van der Waals surface area (Å²) in [4.78, 5) is 7.28. The highest BCUT2D eigenvalue weighted by atomic mass is 16.3. The van der Waals surface area contributed by atoms with Gasteiger partial charge >= 0.3 is 0 Å². The molecular formula is C61H40N2O. The van der Waals surface area contributed by atoms with Gasteiger partial charge in [0.25, 0.3) is 0 Å². The molecule has 1 aromatic heterocycles. The van der Waals surface area contributed by atoms with E-state index in [2.05, 4.69) is 217 Å². The Bertz CT molecular complexity index is 3650. The Morgan fingerprint density at radius 2 is 0.844 bits per heavy atom. The second-order valence-corrected chi connectivity index (χ2v) is 16.4. The molecule has 0 fully saturated rings. The van der Waals surface area contributed by atoms with Gasteiger partial charge in [0.2, 0.25) is 5.89 Å². The van der Waals surface area contributed by atoms with Crippen molar-refractivity contribution >= 4 is 60.5 Å². The molecule has 3 heteroatoms. The van der Waals surface area contributed by atoms with Gasteiger partial charge in [-0.1, -0.05) is 176 Å². The quantitative estimate of drug-likeness (QED) is 0.153. The minimum atomic E-state index is 0.626. The van der Waals surface area contributed by atoms with Gasteiger partial charge in [0.15, 0.2) is 5.58 Å². The van der Waals surface area contributed by atoms with Gasteiger partial charge in [-0.25, -0.2) is 4.98 Å². The van der Waals surface area contributed by atoms with Crippen molar-refractivity contribution in [2.45, 2.75) is 0 Å². The predicted molar refractivity (Wildman–Crippen MR) is 268 cm³/mol. The normalized spacial score (nSPS) is 11.4. The van der Waals surface area contributed by atoms with Crippen LogP contribution in [0, 0.1) is 0 Å². The third-order valence-electron chi connectivity index (χ3n) is 12.5. The Morgan fingerprint density at radius 1 is 0.297 bits per heavy atom. The van der Waals surface area contributed by atoms with Crippen LogP contribution in [0.4, 0.5) is 17.1 Å². The molecule has 1 heterocycles. The summed E-state index contributed by atoms with van der Waals surface area (Å²) in [5.41, 5.74) is 15.2. The molecule has 0 aliphatic carbocycles.